The second-order valence-corrected chi connectivity index (χ2v) is 4.59. The maximum atomic E-state index is 12.0. The van der Waals surface area contributed by atoms with Crippen molar-refractivity contribution in [1.29, 1.82) is 0 Å². The normalized spacial score (nSPS) is 10.1. The van der Waals surface area contributed by atoms with Gasteiger partial charge in [0, 0.05) is 21.9 Å². The molecule has 2 N–H and O–H groups in total. The van der Waals surface area contributed by atoms with Gasteiger partial charge in [-0.25, -0.2) is 4.98 Å². The zero-order valence-electron chi connectivity index (χ0n) is 9.64. The van der Waals surface area contributed by atoms with Crippen molar-refractivity contribution in [2.45, 2.75) is 6.92 Å². The first-order valence-electron chi connectivity index (χ1n) is 5.30. The number of hydrogen-bond donors (Lipinski definition) is 2. The number of benzene rings is 1. The topological polar surface area (TPSA) is 62.2 Å². The summed E-state index contributed by atoms with van der Waals surface area (Å²) in [6, 6.07) is 8.45. The number of aromatic nitrogens is 1. The van der Waals surface area contributed by atoms with Crippen molar-refractivity contribution in [3.63, 3.8) is 0 Å². The molecule has 0 aliphatic carbocycles. The van der Waals surface area contributed by atoms with E-state index in [9.17, 15) is 9.90 Å². The van der Waals surface area contributed by atoms with Gasteiger partial charge in [-0.15, -0.1) is 0 Å². The molecule has 0 radical (unpaired) electrons. The fourth-order valence-electron chi connectivity index (χ4n) is 1.49. The number of nitrogens with zero attached hydrogens (tertiary/aromatic N) is 1. The first-order valence-corrected chi connectivity index (χ1v) is 6.09. The lowest BCUT2D eigenvalue weighted by Gasteiger charge is -2.09. The Balaban J connectivity index is 2.27. The maximum absolute atomic E-state index is 12.0. The second kappa shape index (κ2) is 5.18. The Bertz CT molecular complexity index is 599. The van der Waals surface area contributed by atoms with Crippen molar-refractivity contribution < 1.29 is 9.90 Å². The van der Waals surface area contributed by atoms with Crippen LogP contribution in [-0.2, 0) is 0 Å². The minimum Gasteiger partial charge on any atom is -0.508 e. The molecule has 0 aliphatic heterocycles. The Labute approximate surface area is 113 Å². The van der Waals surface area contributed by atoms with E-state index >= 15 is 0 Å². The number of pyridine rings is 1. The number of carbonyl (C=O) groups is 1. The summed E-state index contributed by atoms with van der Waals surface area (Å²) in [5, 5.41) is 12.3. The number of halogens is 1. The van der Waals surface area contributed by atoms with E-state index in [1.807, 2.05) is 0 Å². The number of phenols is 1. The molecule has 1 aromatic carbocycles. The lowest BCUT2D eigenvalue weighted by molar-refractivity contribution is 0.102. The van der Waals surface area contributed by atoms with Gasteiger partial charge in [0.2, 0.25) is 0 Å². The molecule has 2 rings (SSSR count). The number of nitrogens with one attached hydrogen (secondary N) is 1. The number of phenolic OH excluding ortho intramolecular Hbond substituents is 1. The van der Waals surface area contributed by atoms with E-state index in [-0.39, 0.29) is 11.7 Å². The number of amides is 1. The first-order chi connectivity index (χ1) is 8.59. The van der Waals surface area contributed by atoms with Crippen LogP contribution in [0.5, 0.6) is 5.75 Å². The van der Waals surface area contributed by atoms with Gasteiger partial charge in [-0.3, -0.25) is 4.79 Å². The SMILES string of the molecule is Cc1c(O)cccc1NC(=O)c1ncccc1Br. The van der Waals surface area contributed by atoms with Crippen molar-refractivity contribution in [1.82, 2.24) is 4.98 Å². The summed E-state index contributed by atoms with van der Waals surface area (Å²) in [7, 11) is 0. The number of rotatable bonds is 2. The third kappa shape index (κ3) is 2.51. The standard InChI is InChI=1S/C13H11BrN2O2/c1-8-10(5-2-6-11(8)17)16-13(18)12-9(14)4-3-7-15-12/h2-7,17H,1H3,(H,16,18). The Hall–Kier alpha value is -1.88. The molecule has 0 fully saturated rings. The summed E-state index contributed by atoms with van der Waals surface area (Å²) >= 11 is 3.27. The maximum Gasteiger partial charge on any atom is 0.275 e. The van der Waals surface area contributed by atoms with Gasteiger partial charge < -0.3 is 10.4 Å². The monoisotopic (exact) mass is 306 g/mol. The van der Waals surface area contributed by atoms with Crippen molar-refractivity contribution in [2.75, 3.05) is 5.32 Å². The average molecular weight is 307 g/mol. The largest absolute Gasteiger partial charge is 0.508 e. The third-order valence-corrected chi connectivity index (χ3v) is 3.17. The average Bonchev–Trinajstić information content (AvgIpc) is 2.35. The molecule has 0 unspecified atom stereocenters. The Morgan fingerprint density at radius 3 is 2.83 bits per heavy atom. The minimum atomic E-state index is -0.323. The fourth-order valence-corrected chi connectivity index (χ4v) is 1.93. The molecule has 92 valence electrons. The molecule has 0 atom stereocenters. The van der Waals surface area contributed by atoms with Gasteiger partial charge in [0.15, 0.2) is 0 Å². The van der Waals surface area contributed by atoms with E-state index < -0.39 is 0 Å². The Morgan fingerprint density at radius 1 is 1.33 bits per heavy atom. The van der Waals surface area contributed by atoms with Crippen LogP contribution in [0.15, 0.2) is 41.0 Å². The van der Waals surface area contributed by atoms with E-state index in [4.69, 9.17) is 0 Å². The summed E-state index contributed by atoms with van der Waals surface area (Å²) in [5.41, 5.74) is 1.50. The molecule has 0 saturated carbocycles. The first kappa shape index (κ1) is 12.6. The van der Waals surface area contributed by atoms with Crippen molar-refractivity contribution in [3.8, 4) is 5.75 Å². The predicted octanol–water partition coefficient (Wildman–Crippen LogP) is 3.11. The quantitative estimate of drug-likeness (QED) is 0.896. The minimum absolute atomic E-state index is 0.146. The smallest absolute Gasteiger partial charge is 0.275 e. The predicted molar refractivity (Wildman–Crippen MR) is 72.7 cm³/mol. The Morgan fingerprint density at radius 2 is 2.11 bits per heavy atom. The number of anilines is 1. The van der Waals surface area contributed by atoms with Gasteiger partial charge in [0.25, 0.3) is 5.91 Å². The number of carbonyl (C=O) groups excluding carboxylic acids is 1. The second-order valence-electron chi connectivity index (χ2n) is 3.74. The molecular formula is C13H11BrN2O2. The summed E-state index contributed by atoms with van der Waals surface area (Å²) in [6.07, 6.45) is 1.55. The number of aromatic hydroxyl groups is 1. The summed E-state index contributed by atoms with van der Waals surface area (Å²) in [4.78, 5) is 16.0. The molecule has 1 aromatic heterocycles. The summed E-state index contributed by atoms with van der Waals surface area (Å²) in [5.74, 6) is -0.177. The van der Waals surface area contributed by atoms with Crippen LogP contribution in [-0.4, -0.2) is 16.0 Å². The summed E-state index contributed by atoms with van der Waals surface area (Å²) < 4.78 is 0.625. The lowest BCUT2D eigenvalue weighted by Crippen LogP contribution is -2.14. The van der Waals surface area contributed by atoms with Crippen LogP contribution in [0.3, 0.4) is 0 Å². The van der Waals surface area contributed by atoms with Crippen molar-refractivity contribution in [2.24, 2.45) is 0 Å². The molecular weight excluding hydrogens is 296 g/mol. The molecule has 1 heterocycles. The Kier molecular flexibility index (Phi) is 3.62. The number of hydrogen-bond acceptors (Lipinski definition) is 3. The molecule has 5 heteroatoms. The highest BCUT2D eigenvalue weighted by Crippen LogP contribution is 2.24. The van der Waals surface area contributed by atoms with Crippen LogP contribution in [0.2, 0.25) is 0 Å². The van der Waals surface area contributed by atoms with Crippen LogP contribution < -0.4 is 5.32 Å². The lowest BCUT2D eigenvalue weighted by atomic mass is 10.2. The molecule has 2 aromatic rings. The zero-order chi connectivity index (χ0) is 13.1. The molecule has 0 saturated heterocycles. The third-order valence-electron chi connectivity index (χ3n) is 2.53. The van der Waals surface area contributed by atoms with Crippen molar-refractivity contribution in [3.05, 3.63) is 52.3 Å². The van der Waals surface area contributed by atoms with Gasteiger partial charge in [-0.1, -0.05) is 6.07 Å². The molecule has 0 aliphatic rings. The van der Waals surface area contributed by atoms with Gasteiger partial charge in [-0.05, 0) is 47.1 Å². The van der Waals surface area contributed by atoms with Gasteiger partial charge in [-0.2, -0.15) is 0 Å². The van der Waals surface area contributed by atoms with Crippen LogP contribution >= 0.6 is 15.9 Å². The zero-order valence-corrected chi connectivity index (χ0v) is 11.2. The van der Waals surface area contributed by atoms with E-state index in [1.165, 1.54) is 0 Å². The highest BCUT2D eigenvalue weighted by Gasteiger charge is 2.13. The molecule has 0 spiro atoms. The molecule has 4 nitrogen and oxygen atoms in total. The van der Waals surface area contributed by atoms with Crippen LogP contribution in [0.1, 0.15) is 16.1 Å². The highest BCUT2D eigenvalue weighted by atomic mass is 79.9. The van der Waals surface area contributed by atoms with Gasteiger partial charge in [0.05, 0.1) is 0 Å². The molecule has 0 bridgehead atoms. The van der Waals surface area contributed by atoms with Crippen LogP contribution in [0.4, 0.5) is 5.69 Å². The van der Waals surface area contributed by atoms with E-state index in [2.05, 4.69) is 26.2 Å². The fraction of sp³-hybridized carbons (Fsp3) is 0.0769. The van der Waals surface area contributed by atoms with E-state index in [0.717, 1.165) is 0 Å². The van der Waals surface area contributed by atoms with E-state index in [0.29, 0.717) is 21.4 Å². The van der Waals surface area contributed by atoms with Gasteiger partial charge >= 0.3 is 0 Å². The van der Waals surface area contributed by atoms with Crippen LogP contribution in [0.25, 0.3) is 0 Å². The summed E-state index contributed by atoms with van der Waals surface area (Å²) in [6.45, 7) is 1.73. The van der Waals surface area contributed by atoms with Crippen molar-refractivity contribution >= 4 is 27.5 Å². The molecule has 18 heavy (non-hydrogen) atoms. The van der Waals surface area contributed by atoms with Gasteiger partial charge in [0.1, 0.15) is 11.4 Å². The highest BCUT2D eigenvalue weighted by molar-refractivity contribution is 9.10. The van der Waals surface area contributed by atoms with Crippen LogP contribution in [0, 0.1) is 6.92 Å². The van der Waals surface area contributed by atoms with E-state index in [1.54, 1.807) is 43.5 Å². The molecule has 1 amide bonds.